The highest BCUT2D eigenvalue weighted by atomic mass is 16.2. The molecular formula is C13H22N4O3. The third-order valence-electron chi connectivity index (χ3n) is 3.99. The van der Waals surface area contributed by atoms with E-state index < -0.39 is 0 Å². The zero-order chi connectivity index (χ0) is 14.5. The quantitative estimate of drug-likeness (QED) is 0.588. The first-order valence-electron chi connectivity index (χ1n) is 7.05. The van der Waals surface area contributed by atoms with Crippen molar-refractivity contribution in [1.82, 2.24) is 19.6 Å². The van der Waals surface area contributed by atoms with E-state index in [-0.39, 0.29) is 11.8 Å². The summed E-state index contributed by atoms with van der Waals surface area (Å²) >= 11 is 0. The van der Waals surface area contributed by atoms with Gasteiger partial charge in [0.05, 0.1) is 6.54 Å². The number of piperazine rings is 2. The van der Waals surface area contributed by atoms with E-state index in [0.29, 0.717) is 45.8 Å². The summed E-state index contributed by atoms with van der Waals surface area (Å²) in [5, 5.41) is 0. The van der Waals surface area contributed by atoms with Crippen molar-refractivity contribution in [1.29, 1.82) is 0 Å². The molecule has 7 nitrogen and oxygen atoms in total. The third kappa shape index (κ3) is 3.69. The Morgan fingerprint density at radius 3 is 1.95 bits per heavy atom. The molecule has 2 rings (SSSR count). The molecule has 0 unspecified atom stereocenters. The summed E-state index contributed by atoms with van der Waals surface area (Å²) in [6.45, 7) is 7.33. The molecular weight excluding hydrogens is 260 g/mol. The van der Waals surface area contributed by atoms with E-state index in [1.165, 1.54) is 0 Å². The van der Waals surface area contributed by atoms with Gasteiger partial charge in [0.2, 0.25) is 18.2 Å². The summed E-state index contributed by atoms with van der Waals surface area (Å²) in [6.07, 6.45) is 0.861. The van der Waals surface area contributed by atoms with Gasteiger partial charge in [0.25, 0.3) is 0 Å². The fourth-order valence-corrected chi connectivity index (χ4v) is 2.59. The Morgan fingerprint density at radius 1 is 0.900 bits per heavy atom. The molecule has 0 spiro atoms. The van der Waals surface area contributed by atoms with E-state index in [0.717, 1.165) is 19.5 Å². The molecule has 0 aromatic heterocycles. The van der Waals surface area contributed by atoms with Crippen LogP contribution in [0.4, 0.5) is 0 Å². The van der Waals surface area contributed by atoms with E-state index in [1.54, 1.807) is 16.7 Å². The van der Waals surface area contributed by atoms with Gasteiger partial charge in [0, 0.05) is 59.3 Å². The van der Waals surface area contributed by atoms with Crippen LogP contribution in [-0.2, 0) is 14.4 Å². The van der Waals surface area contributed by atoms with Crippen LogP contribution in [0.3, 0.4) is 0 Å². The molecule has 0 radical (unpaired) electrons. The Balaban J connectivity index is 1.73. The van der Waals surface area contributed by atoms with Gasteiger partial charge in [0.1, 0.15) is 0 Å². The largest absolute Gasteiger partial charge is 0.343 e. The first-order valence-corrected chi connectivity index (χ1v) is 7.05. The predicted octanol–water partition coefficient (Wildman–Crippen LogP) is -1.55. The molecule has 2 saturated heterocycles. The third-order valence-corrected chi connectivity index (χ3v) is 3.99. The average molecular weight is 282 g/mol. The maximum absolute atomic E-state index is 12.2. The van der Waals surface area contributed by atoms with Crippen molar-refractivity contribution < 1.29 is 14.4 Å². The number of hydrogen-bond donors (Lipinski definition) is 0. The van der Waals surface area contributed by atoms with Crippen LogP contribution in [0.2, 0.25) is 0 Å². The van der Waals surface area contributed by atoms with E-state index in [1.807, 2.05) is 4.90 Å². The number of nitrogens with zero attached hydrogens (tertiary/aromatic N) is 4. The second-order valence-corrected chi connectivity index (χ2v) is 5.30. The van der Waals surface area contributed by atoms with Gasteiger partial charge in [-0.2, -0.15) is 0 Å². The highest BCUT2D eigenvalue weighted by Gasteiger charge is 2.24. The van der Waals surface area contributed by atoms with Gasteiger partial charge in [-0.15, -0.1) is 0 Å². The Hall–Kier alpha value is -1.63. The van der Waals surface area contributed by atoms with Gasteiger partial charge in [0.15, 0.2) is 0 Å². The lowest BCUT2D eigenvalue weighted by Gasteiger charge is -2.37. The maximum atomic E-state index is 12.2. The number of rotatable bonds is 3. The zero-order valence-corrected chi connectivity index (χ0v) is 12.0. The van der Waals surface area contributed by atoms with E-state index in [4.69, 9.17) is 0 Å². The summed E-state index contributed by atoms with van der Waals surface area (Å²) in [4.78, 5) is 41.5. The van der Waals surface area contributed by atoms with E-state index >= 15 is 0 Å². The molecule has 0 aromatic carbocycles. The van der Waals surface area contributed by atoms with Gasteiger partial charge in [-0.25, -0.2) is 0 Å². The lowest BCUT2D eigenvalue weighted by molar-refractivity contribution is -0.139. The molecule has 0 atom stereocenters. The topological polar surface area (TPSA) is 64.2 Å². The first kappa shape index (κ1) is 14.8. The fourth-order valence-electron chi connectivity index (χ4n) is 2.59. The van der Waals surface area contributed by atoms with Crippen LogP contribution in [0.15, 0.2) is 0 Å². The molecule has 0 aromatic rings. The number of amides is 3. The number of hydrogen-bond acceptors (Lipinski definition) is 4. The van der Waals surface area contributed by atoms with Crippen LogP contribution in [0.5, 0.6) is 0 Å². The lowest BCUT2D eigenvalue weighted by atomic mass is 10.2. The number of carbonyl (C=O) groups is 3. The van der Waals surface area contributed by atoms with Gasteiger partial charge in [-0.3, -0.25) is 19.3 Å². The summed E-state index contributed by atoms with van der Waals surface area (Å²) in [6, 6.07) is 0. The molecule has 7 heteroatoms. The van der Waals surface area contributed by atoms with Crippen LogP contribution in [0, 0.1) is 0 Å². The fraction of sp³-hybridized carbons (Fsp3) is 0.769. The molecule has 3 amide bonds. The smallest absolute Gasteiger partial charge is 0.236 e. The molecule has 20 heavy (non-hydrogen) atoms. The molecule has 112 valence electrons. The Bertz CT molecular complexity index is 372. The Kier molecular flexibility index (Phi) is 4.94. The highest BCUT2D eigenvalue weighted by Crippen LogP contribution is 2.05. The van der Waals surface area contributed by atoms with E-state index in [9.17, 15) is 14.4 Å². The van der Waals surface area contributed by atoms with Crippen LogP contribution < -0.4 is 0 Å². The van der Waals surface area contributed by atoms with Crippen molar-refractivity contribution in [2.45, 2.75) is 6.92 Å². The summed E-state index contributed by atoms with van der Waals surface area (Å²) < 4.78 is 0. The molecule has 2 heterocycles. The molecule has 0 bridgehead atoms. The minimum atomic E-state index is 0.0714. The zero-order valence-electron chi connectivity index (χ0n) is 12.0. The normalized spacial score (nSPS) is 20.9. The molecule has 0 N–H and O–H groups in total. The first-order chi connectivity index (χ1) is 9.60. The standard InChI is InChI=1S/C13H22N4O3/c1-12(19)16-6-8-17(9-7-16)13(20)10-14-2-4-15(11-18)5-3-14/h11H,2-10H2,1H3. The maximum Gasteiger partial charge on any atom is 0.236 e. The molecule has 0 aliphatic carbocycles. The summed E-state index contributed by atoms with van der Waals surface area (Å²) in [7, 11) is 0. The molecule has 2 aliphatic rings. The summed E-state index contributed by atoms with van der Waals surface area (Å²) in [5.74, 6) is 0.190. The van der Waals surface area contributed by atoms with Crippen molar-refractivity contribution >= 4 is 18.2 Å². The lowest BCUT2D eigenvalue weighted by Crippen LogP contribution is -2.54. The molecule has 0 saturated carbocycles. The Morgan fingerprint density at radius 2 is 1.45 bits per heavy atom. The van der Waals surface area contributed by atoms with Crippen molar-refractivity contribution in [2.24, 2.45) is 0 Å². The predicted molar refractivity (Wildman–Crippen MR) is 72.9 cm³/mol. The highest BCUT2D eigenvalue weighted by molar-refractivity contribution is 5.79. The molecule has 2 fully saturated rings. The van der Waals surface area contributed by atoms with Crippen molar-refractivity contribution in [2.75, 3.05) is 58.9 Å². The SMILES string of the molecule is CC(=O)N1CCN(C(=O)CN2CCN(C=O)CC2)CC1. The van der Waals surface area contributed by atoms with E-state index in [2.05, 4.69) is 4.90 Å². The van der Waals surface area contributed by atoms with Gasteiger partial charge in [-0.1, -0.05) is 0 Å². The van der Waals surface area contributed by atoms with Crippen LogP contribution in [0.1, 0.15) is 6.92 Å². The molecule has 2 aliphatic heterocycles. The summed E-state index contributed by atoms with van der Waals surface area (Å²) in [5.41, 5.74) is 0. The average Bonchev–Trinajstić information content (AvgIpc) is 2.48. The van der Waals surface area contributed by atoms with Crippen molar-refractivity contribution in [3.8, 4) is 0 Å². The van der Waals surface area contributed by atoms with Gasteiger partial charge >= 0.3 is 0 Å². The van der Waals surface area contributed by atoms with Crippen LogP contribution in [-0.4, -0.2) is 96.7 Å². The van der Waals surface area contributed by atoms with Crippen molar-refractivity contribution in [3.63, 3.8) is 0 Å². The van der Waals surface area contributed by atoms with Crippen molar-refractivity contribution in [3.05, 3.63) is 0 Å². The van der Waals surface area contributed by atoms with Gasteiger partial charge in [-0.05, 0) is 0 Å². The second-order valence-electron chi connectivity index (χ2n) is 5.30. The van der Waals surface area contributed by atoms with Crippen LogP contribution in [0.25, 0.3) is 0 Å². The van der Waals surface area contributed by atoms with Crippen LogP contribution >= 0.6 is 0 Å². The van der Waals surface area contributed by atoms with Gasteiger partial charge < -0.3 is 14.7 Å². The minimum absolute atomic E-state index is 0.0714. The Labute approximate surface area is 119 Å². The minimum Gasteiger partial charge on any atom is -0.343 e. The number of carbonyl (C=O) groups excluding carboxylic acids is 3. The second kappa shape index (κ2) is 6.69. The monoisotopic (exact) mass is 282 g/mol.